The zero-order valence-corrected chi connectivity index (χ0v) is 14.0. The molecule has 3 nitrogen and oxygen atoms in total. The minimum absolute atomic E-state index is 0.277. The molecule has 0 saturated carbocycles. The highest BCUT2D eigenvalue weighted by molar-refractivity contribution is 5.43. The van der Waals surface area contributed by atoms with Gasteiger partial charge < -0.3 is 14.3 Å². The number of allylic oxidation sites excluding steroid dienone is 2. The molecular formula is C18H27NO2. The van der Waals surface area contributed by atoms with E-state index >= 15 is 0 Å². The Morgan fingerprint density at radius 2 is 2.00 bits per heavy atom. The van der Waals surface area contributed by atoms with Crippen molar-refractivity contribution >= 4 is 0 Å². The predicted octanol–water partition coefficient (Wildman–Crippen LogP) is 4.27. The van der Waals surface area contributed by atoms with E-state index in [0.29, 0.717) is 6.54 Å². The standard InChI is InChI=1S/C18H27NO2/c1-12-7-6-8-18(3)10-16-14(9-15(12)18)13(2)17(21-16)11-19(4,5)20/h6-11H2,1-5H3. The average Bonchev–Trinajstić information content (AvgIpc) is 2.61. The van der Waals surface area contributed by atoms with E-state index in [2.05, 4.69) is 20.8 Å². The van der Waals surface area contributed by atoms with E-state index < -0.39 is 0 Å². The van der Waals surface area contributed by atoms with Gasteiger partial charge >= 0.3 is 0 Å². The molecule has 0 saturated heterocycles. The molecule has 1 aromatic rings. The van der Waals surface area contributed by atoms with Crippen LogP contribution in [0.15, 0.2) is 15.6 Å². The third kappa shape index (κ3) is 2.58. The van der Waals surface area contributed by atoms with Crippen LogP contribution in [0.2, 0.25) is 0 Å². The zero-order valence-electron chi connectivity index (χ0n) is 14.0. The molecular weight excluding hydrogens is 262 g/mol. The van der Waals surface area contributed by atoms with Gasteiger partial charge in [0.2, 0.25) is 0 Å². The number of hydroxylamine groups is 3. The Bertz CT molecular complexity index is 603. The molecule has 0 bridgehead atoms. The lowest BCUT2D eigenvalue weighted by Gasteiger charge is -2.40. The van der Waals surface area contributed by atoms with Crippen LogP contribution in [0.1, 0.15) is 55.8 Å². The third-order valence-electron chi connectivity index (χ3n) is 5.41. The van der Waals surface area contributed by atoms with Crippen LogP contribution >= 0.6 is 0 Å². The number of fused-ring (bicyclic) bond motifs is 2. The van der Waals surface area contributed by atoms with Crippen LogP contribution in [-0.4, -0.2) is 18.7 Å². The van der Waals surface area contributed by atoms with E-state index in [-0.39, 0.29) is 10.1 Å². The molecule has 0 radical (unpaired) electrons. The molecule has 0 amide bonds. The van der Waals surface area contributed by atoms with Crippen molar-refractivity contribution < 1.29 is 9.06 Å². The first kappa shape index (κ1) is 14.9. The number of quaternary nitrogens is 1. The Hall–Kier alpha value is -1.06. The van der Waals surface area contributed by atoms with Crippen LogP contribution in [0.3, 0.4) is 0 Å². The van der Waals surface area contributed by atoms with Crippen LogP contribution in [0.25, 0.3) is 0 Å². The van der Waals surface area contributed by atoms with Crippen molar-refractivity contribution in [2.45, 2.75) is 59.4 Å². The maximum Gasteiger partial charge on any atom is 0.161 e. The Kier molecular flexibility index (Phi) is 3.34. The van der Waals surface area contributed by atoms with Gasteiger partial charge in [-0.1, -0.05) is 18.1 Å². The van der Waals surface area contributed by atoms with Crippen LogP contribution in [0, 0.1) is 17.5 Å². The summed E-state index contributed by atoms with van der Waals surface area (Å²) in [5.41, 5.74) is 6.05. The number of furan rings is 1. The number of rotatable bonds is 2. The molecule has 1 heterocycles. The topological polar surface area (TPSA) is 36.2 Å². The molecule has 0 spiro atoms. The molecule has 3 heteroatoms. The fourth-order valence-corrected chi connectivity index (χ4v) is 4.19. The second kappa shape index (κ2) is 4.72. The molecule has 0 N–H and O–H groups in total. The first-order chi connectivity index (χ1) is 9.70. The predicted molar refractivity (Wildman–Crippen MR) is 84.7 cm³/mol. The summed E-state index contributed by atoms with van der Waals surface area (Å²) in [6.07, 6.45) is 5.82. The smallest absolute Gasteiger partial charge is 0.161 e. The van der Waals surface area contributed by atoms with Gasteiger partial charge in [-0.25, -0.2) is 0 Å². The molecule has 0 fully saturated rings. The molecule has 1 atom stereocenters. The molecule has 3 rings (SSSR count). The summed E-state index contributed by atoms with van der Waals surface area (Å²) in [5.74, 6) is 2.03. The summed E-state index contributed by atoms with van der Waals surface area (Å²) in [6, 6.07) is 0. The number of hydrogen-bond acceptors (Lipinski definition) is 2. The van der Waals surface area contributed by atoms with Crippen LogP contribution < -0.4 is 0 Å². The monoisotopic (exact) mass is 289 g/mol. The van der Waals surface area contributed by atoms with Crippen LogP contribution in [-0.2, 0) is 19.4 Å². The number of nitrogens with zero attached hydrogens (tertiary/aromatic N) is 1. The van der Waals surface area contributed by atoms with Crippen molar-refractivity contribution in [2.24, 2.45) is 5.41 Å². The Balaban J connectivity index is 2.02. The second-order valence-electron chi connectivity index (χ2n) is 7.81. The van der Waals surface area contributed by atoms with E-state index in [9.17, 15) is 5.21 Å². The van der Waals surface area contributed by atoms with Gasteiger partial charge in [0.1, 0.15) is 12.3 Å². The first-order valence-corrected chi connectivity index (χ1v) is 8.03. The van der Waals surface area contributed by atoms with Crippen molar-refractivity contribution in [2.75, 3.05) is 14.1 Å². The summed E-state index contributed by atoms with van der Waals surface area (Å²) < 4.78 is 5.80. The van der Waals surface area contributed by atoms with Gasteiger partial charge in [-0.3, -0.25) is 0 Å². The second-order valence-corrected chi connectivity index (χ2v) is 7.81. The van der Waals surface area contributed by atoms with Gasteiger partial charge in [-0.2, -0.15) is 0 Å². The summed E-state index contributed by atoms with van der Waals surface area (Å²) in [5, 5.41) is 12.0. The Labute approximate surface area is 127 Å². The van der Waals surface area contributed by atoms with Gasteiger partial charge in [-0.15, -0.1) is 0 Å². The van der Waals surface area contributed by atoms with Crippen molar-refractivity contribution in [3.8, 4) is 0 Å². The van der Waals surface area contributed by atoms with E-state index in [4.69, 9.17) is 4.42 Å². The van der Waals surface area contributed by atoms with Crippen molar-refractivity contribution in [3.63, 3.8) is 0 Å². The average molecular weight is 289 g/mol. The minimum atomic E-state index is -0.327. The lowest BCUT2D eigenvalue weighted by atomic mass is 9.64. The normalized spacial score (nSPS) is 25.8. The molecule has 116 valence electrons. The summed E-state index contributed by atoms with van der Waals surface area (Å²) in [4.78, 5) is 0. The van der Waals surface area contributed by atoms with E-state index in [1.165, 1.54) is 30.4 Å². The summed E-state index contributed by atoms with van der Waals surface area (Å²) >= 11 is 0. The van der Waals surface area contributed by atoms with Gasteiger partial charge in [0.05, 0.1) is 14.1 Å². The van der Waals surface area contributed by atoms with Crippen molar-refractivity contribution in [1.29, 1.82) is 0 Å². The SMILES string of the molecule is CC1=C2Cc3c(oc(C[N+](C)(C)[O-])c3C)CC2(C)CCC1. The summed E-state index contributed by atoms with van der Waals surface area (Å²) in [7, 11) is 3.35. The first-order valence-electron chi connectivity index (χ1n) is 8.03. The third-order valence-corrected chi connectivity index (χ3v) is 5.41. The molecule has 2 aliphatic carbocycles. The molecule has 1 aromatic heterocycles. The lowest BCUT2D eigenvalue weighted by molar-refractivity contribution is -0.855. The maximum absolute atomic E-state index is 12.0. The van der Waals surface area contributed by atoms with Gasteiger partial charge in [-0.05, 0) is 44.9 Å². The van der Waals surface area contributed by atoms with E-state index in [0.717, 1.165) is 24.4 Å². The van der Waals surface area contributed by atoms with Gasteiger partial charge in [0.15, 0.2) is 5.76 Å². The summed E-state index contributed by atoms with van der Waals surface area (Å²) in [6.45, 7) is 7.23. The Morgan fingerprint density at radius 3 is 2.67 bits per heavy atom. The molecule has 21 heavy (non-hydrogen) atoms. The minimum Gasteiger partial charge on any atom is -0.633 e. The van der Waals surface area contributed by atoms with Crippen LogP contribution in [0.4, 0.5) is 0 Å². The maximum atomic E-state index is 12.0. The largest absolute Gasteiger partial charge is 0.633 e. The number of hydrogen-bond donors (Lipinski definition) is 0. The van der Waals surface area contributed by atoms with Gasteiger partial charge in [0.25, 0.3) is 0 Å². The van der Waals surface area contributed by atoms with Crippen molar-refractivity contribution in [1.82, 2.24) is 0 Å². The zero-order chi connectivity index (χ0) is 15.4. The highest BCUT2D eigenvalue weighted by Gasteiger charge is 2.40. The van der Waals surface area contributed by atoms with E-state index in [1.807, 2.05) is 0 Å². The highest BCUT2D eigenvalue weighted by atomic mass is 16.5. The fourth-order valence-electron chi connectivity index (χ4n) is 4.19. The molecule has 2 aliphatic rings. The van der Waals surface area contributed by atoms with Crippen molar-refractivity contribution in [3.05, 3.63) is 39.0 Å². The lowest BCUT2D eigenvalue weighted by Crippen LogP contribution is -2.31. The fraction of sp³-hybridized carbons (Fsp3) is 0.667. The highest BCUT2D eigenvalue weighted by Crippen LogP contribution is 2.49. The molecule has 0 aliphatic heterocycles. The van der Waals surface area contributed by atoms with Crippen LogP contribution in [0.5, 0.6) is 0 Å². The quantitative estimate of drug-likeness (QED) is 0.463. The Morgan fingerprint density at radius 1 is 1.29 bits per heavy atom. The molecule has 0 aromatic carbocycles. The van der Waals surface area contributed by atoms with Gasteiger partial charge in [0, 0.05) is 17.5 Å². The molecule has 1 unspecified atom stereocenters. The van der Waals surface area contributed by atoms with E-state index in [1.54, 1.807) is 25.2 Å².